The number of benzene rings is 3. The van der Waals surface area contributed by atoms with Crippen LogP contribution < -0.4 is 9.47 Å². The van der Waals surface area contributed by atoms with Gasteiger partial charge in [-0.2, -0.15) is 0 Å². The van der Waals surface area contributed by atoms with Gasteiger partial charge in [-0.1, -0.05) is 54.6 Å². The van der Waals surface area contributed by atoms with Gasteiger partial charge in [0.15, 0.2) is 17.3 Å². The molecule has 5 heteroatoms. The molecule has 0 aliphatic carbocycles. The fourth-order valence-corrected chi connectivity index (χ4v) is 4.44. The van der Waals surface area contributed by atoms with Crippen LogP contribution in [-0.4, -0.2) is 29.7 Å². The van der Waals surface area contributed by atoms with E-state index in [0.29, 0.717) is 42.2 Å². The van der Waals surface area contributed by atoms with Gasteiger partial charge in [0.25, 0.3) is 5.91 Å². The molecule has 1 atom stereocenters. The van der Waals surface area contributed by atoms with Crippen LogP contribution in [0.15, 0.2) is 66.7 Å². The van der Waals surface area contributed by atoms with Crippen molar-refractivity contribution < 1.29 is 19.1 Å². The molecule has 1 amide bonds. The Morgan fingerprint density at radius 1 is 0.903 bits per heavy atom. The van der Waals surface area contributed by atoms with Gasteiger partial charge in [-0.15, -0.1) is 0 Å². The Hall–Kier alpha value is -3.60. The molecule has 5 rings (SSSR count). The lowest BCUT2D eigenvalue weighted by Crippen LogP contribution is -2.47. The summed E-state index contributed by atoms with van der Waals surface area (Å²) in [6.45, 7) is 0.821. The Morgan fingerprint density at radius 3 is 2.42 bits per heavy atom. The van der Waals surface area contributed by atoms with Crippen molar-refractivity contribution in [3.8, 4) is 11.5 Å². The van der Waals surface area contributed by atoms with Crippen molar-refractivity contribution in [2.45, 2.75) is 32.0 Å². The smallest absolute Gasteiger partial charge is 0.255 e. The zero-order valence-corrected chi connectivity index (χ0v) is 17.3. The fourth-order valence-electron chi connectivity index (χ4n) is 4.44. The molecule has 0 saturated carbocycles. The standard InChI is InChI=1S/C26H23NO4/c1-30-24-14-21-20(13-25(24)31-16-17-7-3-2-4-8-17)12-23(28)22-11-18-9-5-6-10-19(18)15-27(22)26(21)29/h2-10,13-14,22H,11-12,15-16H2,1H3. The van der Waals surface area contributed by atoms with E-state index in [1.807, 2.05) is 54.6 Å². The summed E-state index contributed by atoms with van der Waals surface area (Å²) in [7, 11) is 1.56. The van der Waals surface area contributed by atoms with E-state index in [0.717, 1.165) is 16.7 Å². The predicted molar refractivity (Wildman–Crippen MR) is 116 cm³/mol. The van der Waals surface area contributed by atoms with Crippen LogP contribution in [0.2, 0.25) is 0 Å². The Bertz CT molecular complexity index is 1160. The number of ketones is 1. The molecule has 0 N–H and O–H groups in total. The number of rotatable bonds is 4. The summed E-state index contributed by atoms with van der Waals surface area (Å²) in [5.41, 5.74) is 4.47. The van der Waals surface area contributed by atoms with Gasteiger partial charge in [-0.3, -0.25) is 9.59 Å². The first-order valence-electron chi connectivity index (χ1n) is 10.4. The van der Waals surface area contributed by atoms with Crippen molar-refractivity contribution in [1.29, 1.82) is 0 Å². The number of fused-ring (bicyclic) bond motifs is 3. The van der Waals surface area contributed by atoms with Crippen LogP contribution in [0.1, 0.15) is 32.6 Å². The van der Waals surface area contributed by atoms with Crippen molar-refractivity contribution >= 4 is 11.7 Å². The lowest BCUT2D eigenvalue weighted by Gasteiger charge is -2.34. The van der Waals surface area contributed by atoms with Crippen molar-refractivity contribution in [3.63, 3.8) is 0 Å². The van der Waals surface area contributed by atoms with Gasteiger partial charge in [0.1, 0.15) is 6.61 Å². The summed E-state index contributed by atoms with van der Waals surface area (Å²) in [6, 6.07) is 20.9. The second kappa shape index (κ2) is 7.91. The molecule has 1 unspecified atom stereocenters. The van der Waals surface area contributed by atoms with Crippen LogP contribution in [0, 0.1) is 0 Å². The predicted octanol–water partition coefficient (Wildman–Crippen LogP) is 3.97. The summed E-state index contributed by atoms with van der Waals surface area (Å²) in [6.07, 6.45) is 0.763. The molecule has 0 saturated heterocycles. The highest BCUT2D eigenvalue weighted by Crippen LogP contribution is 2.36. The molecule has 0 radical (unpaired) electrons. The highest BCUT2D eigenvalue weighted by Gasteiger charge is 2.39. The number of methoxy groups -OCH3 is 1. The van der Waals surface area contributed by atoms with Gasteiger partial charge in [-0.25, -0.2) is 0 Å². The Balaban J connectivity index is 1.49. The Kier molecular flexibility index (Phi) is 4.94. The number of hydrogen-bond donors (Lipinski definition) is 0. The molecule has 3 aromatic carbocycles. The Morgan fingerprint density at radius 2 is 1.65 bits per heavy atom. The van der Waals surface area contributed by atoms with Gasteiger partial charge < -0.3 is 14.4 Å². The lowest BCUT2D eigenvalue weighted by molar-refractivity contribution is -0.123. The lowest BCUT2D eigenvalue weighted by atomic mass is 9.91. The first-order chi connectivity index (χ1) is 15.1. The zero-order valence-electron chi connectivity index (χ0n) is 17.3. The monoisotopic (exact) mass is 413 g/mol. The second-order valence-electron chi connectivity index (χ2n) is 8.00. The number of nitrogens with zero attached hydrogens (tertiary/aromatic N) is 1. The third-order valence-electron chi connectivity index (χ3n) is 6.10. The molecule has 0 aromatic heterocycles. The summed E-state index contributed by atoms with van der Waals surface area (Å²) in [5.74, 6) is 0.953. The molecule has 156 valence electrons. The summed E-state index contributed by atoms with van der Waals surface area (Å²) in [4.78, 5) is 28.3. The van der Waals surface area contributed by atoms with Crippen LogP contribution in [0.5, 0.6) is 11.5 Å². The van der Waals surface area contributed by atoms with E-state index in [1.54, 1.807) is 24.1 Å². The minimum absolute atomic E-state index is 0.0563. The molecular weight excluding hydrogens is 390 g/mol. The number of Topliss-reactive ketones (excluding diaryl/α,β-unsaturated/α-hetero) is 1. The third-order valence-corrected chi connectivity index (χ3v) is 6.10. The molecular formula is C26H23NO4. The average molecular weight is 413 g/mol. The first kappa shape index (κ1) is 19.4. The maximum Gasteiger partial charge on any atom is 0.255 e. The largest absolute Gasteiger partial charge is 0.493 e. The third kappa shape index (κ3) is 3.56. The maximum absolute atomic E-state index is 13.5. The van der Waals surface area contributed by atoms with E-state index < -0.39 is 6.04 Å². The minimum Gasteiger partial charge on any atom is -0.493 e. The van der Waals surface area contributed by atoms with E-state index in [2.05, 4.69) is 0 Å². The van der Waals surface area contributed by atoms with Crippen molar-refractivity contribution in [2.24, 2.45) is 0 Å². The zero-order chi connectivity index (χ0) is 21.4. The Labute approximate surface area is 181 Å². The summed E-state index contributed by atoms with van der Waals surface area (Å²) in [5, 5.41) is 0. The fraction of sp³-hybridized carbons (Fsp3) is 0.231. The van der Waals surface area contributed by atoms with E-state index >= 15 is 0 Å². The molecule has 0 spiro atoms. The SMILES string of the molecule is COc1cc2c(cc1OCc1ccccc1)CC(=O)C1Cc3ccccc3CN1C2=O. The first-order valence-corrected chi connectivity index (χ1v) is 10.4. The molecule has 5 nitrogen and oxygen atoms in total. The average Bonchev–Trinajstić information content (AvgIpc) is 2.90. The van der Waals surface area contributed by atoms with E-state index in [9.17, 15) is 9.59 Å². The van der Waals surface area contributed by atoms with Crippen LogP contribution in [0.3, 0.4) is 0 Å². The molecule has 31 heavy (non-hydrogen) atoms. The van der Waals surface area contributed by atoms with Crippen LogP contribution >= 0.6 is 0 Å². The molecule has 0 fully saturated rings. The van der Waals surface area contributed by atoms with E-state index in [-0.39, 0.29) is 18.1 Å². The van der Waals surface area contributed by atoms with Gasteiger partial charge in [0, 0.05) is 24.9 Å². The summed E-state index contributed by atoms with van der Waals surface area (Å²) >= 11 is 0. The van der Waals surface area contributed by atoms with Gasteiger partial charge in [0.2, 0.25) is 0 Å². The van der Waals surface area contributed by atoms with E-state index in [1.165, 1.54) is 0 Å². The minimum atomic E-state index is -0.436. The molecule has 0 bridgehead atoms. The van der Waals surface area contributed by atoms with Crippen LogP contribution in [-0.2, 0) is 30.8 Å². The highest BCUT2D eigenvalue weighted by molar-refractivity contribution is 6.04. The van der Waals surface area contributed by atoms with Crippen LogP contribution in [0.25, 0.3) is 0 Å². The quantitative estimate of drug-likeness (QED) is 0.650. The maximum atomic E-state index is 13.5. The highest BCUT2D eigenvalue weighted by atomic mass is 16.5. The van der Waals surface area contributed by atoms with Gasteiger partial charge in [-0.05, 0) is 34.4 Å². The number of carbonyl (C=O) groups is 2. The molecule has 3 aromatic rings. The number of hydrogen-bond acceptors (Lipinski definition) is 4. The van der Waals surface area contributed by atoms with Gasteiger partial charge >= 0.3 is 0 Å². The topological polar surface area (TPSA) is 55.8 Å². The summed E-state index contributed by atoms with van der Waals surface area (Å²) < 4.78 is 11.5. The molecule has 2 aliphatic rings. The molecule has 2 aliphatic heterocycles. The van der Waals surface area contributed by atoms with Crippen molar-refractivity contribution in [3.05, 3.63) is 94.5 Å². The molecule has 2 heterocycles. The normalized spacial score (nSPS) is 17.3. The van der Waals surface area contributed by atoms with Gasteiger partial charge in [0.05, 0.1) is 13.2 Å². The number of carbonyl (C=O) groups excluding carboxylic acids is 2. The van der Waals surface area contributed by atoms with Crippen molar-refractivity contribution in [2.75, 3.05) is 7.11 Å². The second-order valence-corrected chi connectivity index (χ2v) is 8.00. The van der Waals surface area contributed by atoms with Crippen LogP contribution in [0.4, 0.5) is 0 Å². The van der Waals surface area contributed by atoms with E-state index in [4.69, 9.17) is 9.47 Å². The number of amides is 1. The number of ether oxygens (including phenoxy) is 2. The van der Waals surface area contributed by atoms with Crippen molar-refractivity contribution in [1.82, 2.24) is 4.90 Å².